The Morgan fingerprint density at radius 2 is 1.93 bits per heavy atom. The summed E-state index contributed by atoms with van der Waals surface area (Å²) >= 11 is 0. The zero-order chi connectivity index (χ0) is 20.5. The van der Waals surface area contributed by atoms with E-state index >= 15 is 0 Å². The predicted molar refractivity (Wildman–Crippen MR) is 88.5 cm³/mol. The summed E-state index contributed by atoms with van der Waals surface area (Å²) in [5.74, 6) is -3.40. The molecule has 2 aromatic carbocycles. The van der Waals surface area contributed by atoms with Crippen LogP contribution in [0.5, 0.6) is 5.75 Å². The van der Waals surface area contributed by atoms with Crippen molar-refractivity contribution < 1.29 is 36.6 Å². The van der Waals surface area contributed by atoms with Crippen LogP contribution in [0.15, 0.2) is 42.5 Å². The number of hydrogen-bond acceptors (Lipinski definition) is 3. The number of ether oxygens (including phenoxy) is 1. The molecule has 1 N–H and O–H groups in total. The van der Waals surface area contributed by atoms with Gasteiger partial charge in [-0.2, -0.15) is 5.10 Å². The largest absolute Gasteiger partial charge is 0.573 e. The van der Waals surface area contributed by atoms with Crippen molar-refractivity contribution in [2.24, 2.45) is 0 Å². The summed E-state index contributed by atoms with van der Waals surface area (Å²) in [6.07, 6.45) is -2.94. The number of fused-ring (bicyclic) bond motifs is 1. The molecule has 0 bridgehead atoms. The quantitative estimate of drug-likeness (QED) is 0.513. The van der Waals surface area contributed by atoms with Crippen molar-refractivity contribution in [3.05, 3.63) is 65.4 Å². The fourth-order valence-corrected chi connectivity index (χ4v) is 2.58. The summed E-state index contributed by atoms with van der Waals surface area (Å²) in [7, 11) is 0. The van der Waals surface area contributed by atoms with Crippen LogP contribution in [0.1, 0.15) is 11.3 Å². The molecule has 0 radical (unpaired) electrons. The third-order valence-electron chi connectivity index (χ3n) is 3.70. The van der Waals surface area contributed by atoms with Gasteiger partial charge < -0.3 is 9.84 Å². The van der Waals surface area contributed by atoms with Gasteiger partial charge in [-0.05, 0) is 24.3 Å². The molecular weight excluding hydrogens is 387 g/mol. The maximum atomic E-state index is 14.0. The van der Waals surface area contributed by atoms with Crippen LogP contribution in [0, 0.1) is 11.6 Å². The molecule has 0 spiro atoms. The third-order valence-corrected chi connectivity index (χ3v) is 3.70. The molecule has 0 saturated carbocycles. The minimum atomic E-state index is -4.91. The number of rotatable bonds is 5. The van der Waals surface area contributed by atoms with Gasteiger partial charge in [-0.1, -0.05) is 6.07 Å². The molecule has 28 heavy (non-hydrogen) atoms. The Bertz CT molecular complexity index is 1070. The second-order valence-corrected chi connectivity index (χ2v) is 5.68. The Kier molecular flexibility index (Phi) is 5.04. The van der Waals surface area contributed by atoms with Crippen LogP contribution in [-0.4, -0.2) is 27.2 Å². The van der Waals surface area contributed by atoms with Crippen molar-refractivity contribution in [3.8, 4) is 5.75 Å². The molecule has 3 aromatic rings. The molecule has 0 aliphatic rings. The van der Waals surface area contributed by atoms with Crippen LogP contribution >= 0.6 is 0 Å². The zero-order valence-electron chi connectivity index (χ0n) is 13.9. The third kappa shape index (κ3) is 4.45. The monoisotopic (exact) mass is 398 g/mol. The highest BCUT2D eigenvalue weighted by Gasteiger charge is 2.31. The van der Waals surface area contributed by atoms with Crippen molar-refractivity contribution in [3.63, 3.8) is 0 Å². The Balaban J connectivity index is 2.10. The minimum Gasteiger partial charge on any atom is -0.478 e. The van der Waals surface area contributed by atoms with E-state index in [1.807, 2.05) is 0 Å². The molecule has 3 rings (SSSR count). The topological polar surface area (TPSA) is 64.3 Å². The van der Waals surface area contributed by atoms with Gasteiger partial charge >= 0.3 is 12.3 Å². The lowest BCUT2D eigenvalue weighted by molar-refractivity contribution is -0.274. The van der Waals surface area contributed by atoms with E-state index in [1.165, 1.54) is 16.8 Å². The van der Waals surface area contributed by atoms with Crippen LogP contribution in [0.3, 0.4) is 0 Å². The number of halogens is 5. The molecule has 0 aliphatic heterocycles. The molecule has 146 valence electrons. The van der Waals surface area contributed by atoms with Gasteiger partial charge in [0, 0.05) is 29.2 Å². The van der Waals surface area contributed by atoms with Gasteiger partial charge in [0.1, 0.15) is 17.4 Å². The summed E-state index contributed by atoms with van der Waals surface area (Å²) < 4.78 is 69.6. The van der Waals surface area contributed by atoms with Gasteiger partial charge in [0.2, 0.25) is 0 Å². The van der Waals surface area contributed by atoms with E-state index in [2.05, 4.69) is 9.84 Å². The summed E-state index contributed by atoms with van der Waals surface area (Å²) in [5, 5.41) is 13.2. The maximum absolute atomic E-state index is 14.0. The highest BCUT2D eigenvalue weighted by molar-refractivity contribution is 5.92. The Morgan fingerprint density at radius 1 is 1.18 bits per heavy atom. The standard InChI is InChI=1S/C18H11F5N2O3/c19-11-2-1-10(14(20)7-11)9-25-16-8-12(28-18(21,22)23)3-4-13(16)15(24-25)5-6-17(26)27/h1-8H,9H2,(H,26,27). The van der Waals surface area contributed by atoms with Crippen molar-refractivity contribution in [1.82, 2.24) is 9.78 Å². The number of hydrogen-bond donors (Lipinski definition) is 1. The van der Waals surface area contributed by atoms with Gasteiger partial charge in [-0.3, -0.25) is 4.68 Å². The van der Waals surface area contributed by atoms with E-state index in [9.17, 15) is 26.7 Å². The molecule has 10 heteroatoms. The first kappa shape index (κ1) is 19.3. The number of aliphatic carboxylic acids is 1. The number of carboxylic acids is 1. The first-order valence-corrected chi connectivity index (χ1v) is 7.73. The van der Waals surface area contributed by atoms with E-state index in [0.29, 0.717) is 11.5 Å². The van der Waals surface area contributed by atoms with Crippen LogP contribution in [0.4, 0.5) is 22.0 Å². The number of aromatic nitrogens is 2. The summed E-state index contributed by atoms with van der Waals surface area (Å²) in [6, 6.07) is 6.27. The van der Waals surface area contributed by atoms with Crippen LogP contribution < -0.4 is 4.74 Å². The van der Waals surface area contributed by atoms with Crippen molar-refractivity contribution in [1.29, 1.82) is 0 Å². The van der Waals surface area contributed by atoms with Crippen molar-refractivity contribution in [2.75, 3.05) is 0 Å². The fourth-order valence-electron chi connectivity index (χ4n) is 2.58. The second-order valence-electron chi connectivity index (χ2n) is 5.68. The number of carboxylic acid groups (broad SMARTS) is 1. The highest BCUT2D eigenvalue weighted by Crippen LogP contribution is 2.29. The molecule has 0 aliphatic carbocycles. The first-order chi connectivity index (χ1) is 13.1. The maximum Gasteiger partial charge on any atom is 0.573 e. The van der Waals surface area contributed by atoms with Crippen LogP contribution in [0.25, 0.3) is 17.0 Å². The van der Waals surface area contributed by atoms with Gasteiger partial charge in [0.05, 0.1) is 17.8 Å². The van der Waals surface area contributed by atoms with E-state index in [-0.39, 0.29) is 23.3 Å². The Morgan fingerprint density at radius 3 is 2.57 bits per heavy atom. The Labute approximate surface area is 154 Å². The van der Waals surface area contributed by atoms with Gasteiger partial charge in [0.25, 0.3) is 0 Å². The number of alkyl halides is 3. The molecule has 1 aromatic heterocycles. The molecule has 1 heterocycles. The van der Waals surface area contributed by atoms with Crippen LogP contribution in [-0.2, 0) is 11.3 Å². The smallest absolute Gasteiger partial charge is 0.478 e. The molecule has 0 atom stereocenters. The van der Waals surface area contributed by atoms with E-state index < -0.39 is 29.7 Å². The lowest BCUT2D eigenvalue weighted by Crippen LogP contribution is -2.17. The minimum absolute atomic E-state index is 0.0432. The summed E-state index contributed by atoms with van der Waals surface area (Å²) in [4.78, 5) is 10.7. The second kappa shape index (κ2) is 7.29. The number of carbonyl (C=O) groups is 1. The van der Waals surface area contributed by atoms with Crippen molar-refractivity contribution >= 4 is 22.9 Å². The van der Waals surface area contributed by atoms with Gasteiger partial charge in [-0.15, -0.1) is 13.2 Å². The van der Waals surface area contributed by atoms with Gasteiger partial charge in [-0.25, -0.2) is 13.6 Å². The average molecular weight is 398 g/mol. The Hall–Kier alpha value is -3.43. The van der Waals surface area contributed by atoms with E-state index in [1.54, 1.807) is 0 Å². The highest BCUT2D eigenvalue weighted by atomic mass is 19.4. The molecule has 0 amide bonds. The average Bonchev–Trinajstić information content (AvgIpc) is 2.91. The summed E-state index contributed by atoms with van der Waals surface area (Å²) in [6.45, 7) is -0.223. The first-order valence-electron chi connectivity index (χ1n) is 7.73. The summed E-state index contributed by atoms with van der Waals surface area (Å²) in [5.41, 5.74) is 0.343. The van der Waals surface area contributed by atoms with Crippen molar-refractivity contribution in [2.45, 2.75) is 12.9 Å². The number of benzene rings is 2. The lowest BCUT2D eigenvalue weighted by Gasteiger charge is -2.10. The molecule has 0 unspecified atom stereocenters. The molecular formula is C18H11F5N2O3. The van der Waals surface area contributed by atoms with E-state index in [0.717, 1.165) is 30.4 Å². The van der Waals surface area contributed by atoms with E-state index in [4.69, 9.17) is 5.11 Å². The fraction of sp³-hybridized carbons (Fsp3) is 0.111. The molecule has 0 saturated heterocycles. The lowest BCUT2D eigenvalue weighted by atomic mass is 10.1. The number of nitrogens with zero attached hydrogens (tertiary/aromatic N) is 2. The van der Waals surface area contributed by atoms with Crippen LogP contribution in [0.2, 0.25) is 0 Å². The normalized spacial score (nSPS) is 12.0. The SMILES string of the molecule is O=C(O)C=Cc1nn(Cc2ccc(F)cc2F)c2cc(OC(F)(F)F)ccc12. The zero-order valence-corrected chi connectivity index (χ0v) is 13.9. The van der Waals surface area contributed by atoms with Gasteiger partial charge in [0.15, 0.2) is 0 Å². The molecule has 0 fully saturated rings. The molecule has 5 nitrogen and oxygen atoms in total. The predicted octanol–water partition coefficient (Wildman–Crippen LogP) is 4.36.